The van der Waals surface area contributed by atoms with E-state index in [1.54, 1.807) is 6.07 Å². The summed E-state index contributed by atoms with van der Waals surface area (Å²) < 4.78 is 4.99. The summed E-state index contributed by atoms with van der Waals surface area (Å²) in [5.41, 5.74) is 2.33. The molecule has 2 aromatic rings. The molecule has 0 aromatic heterocycles. The van der Waals surface area contributed by atoms with Crippen molar-refractivity contribution in [2.45, 2.75) is 39.5 Å². The van der Waals surface area contributed by atoms with Crippen LogP contribution in [-0.4, -0.2) is 11.8 Å². The molecule has 0 aliphatic carbocycles. The molecule has 2 rings (SSSR count). The second kappa shape index (κ2) is 10.0. The van der Waals surface area contributed by atoms with Gasteiger partial charge in [0, 0.05) is 12.0 Å². The van der Waals surface area contributed by atoms with Crippen molar-refractivity contribution in [1.29, 1.82) is 0 Å². The predicted octanol–water partition coefficient (Wildman–Crippen LogP) is 6.00. The number of hydrogen-bond donors (Lipinski definition) is 0. The summed E-state index contributed by atoms with van der Waals surface area (Å²) in [5.74, 6) is -0.843. The molecule has 144 valence electrons. The number of carbonyl (C=O) groups is 2. The Labute approximate surface area is 168 Å². The van der Waals surface area contributed by atoms with Gasteiger partial charge >= 0.3 is 5.97 Å². The molecule has 0 spiro atoms. The third kappa shape index (κ3) is 5.64. The summed E-state index contributed by atoms with van der Waals surface area (Å²) in [6.07, 6.45) is 0.841. The van der Waals surface area contributed by atoms with Crippen LogP contribution < -0.4 is 0 Å². The van der Waals surface area contributed by atoms with Crippen molar-refractivity contribution in [3.8, 4) is 0 Å². The zero-order valence-corrected chi connectivity index (χ0v) is 17.9. The molecule has 0 aliphatic heterocycles. The van der Waals surface area contributed by atoms with Crippen LogP contribution in [0.25, 0.3) is 0 Å². The van der Waals surface area contributed by atoms with E-state index in [9.17, 15) is 9.59 Å². The number of benzene rings is 2. The average molecular weight is 405 g/mol. The van der Waals surface area contributed by atoms with Gasteiger partial charge in [-0.1, -0.05) is 67.9 Å². The van der Waals surface area contributed by atoms with E-state index < -0.39 is 11.9 Å². The Bertz CT molecular complexity index is 769. The molecule has 0 radical (unpaired) electrons. The van der Waals surface area contributed by atoms with E-state index in [1.807, 2.05) is 58.9 Å². The van der Waals surface area contributed by atoms with Crippen molar-refractivity contribution in [2.24, 2.45) is 11.8 Å². The number of Topliss-reactive ketones (excluding diaryl/α,β-unsaturated/α-hetero) is 1. The Morgan fingerprint density at radius 1 is 1.07 bits per heavy atom. The lowest BCUT2D eigenvalue weighted by Gasteiger charge is -2.27. The van der Waals surface area contributed by atoms with Gasteiger partial charge < -0.3 is 4.52 Å². The largest absolute Gasteiger partial charge is 0.451 e. The fourth-order valence-corrected chi connectivity index (χ4v) is 4.01. The van der Waals surface area contributed by atoms with Gasteiger partial charge in [0.05, 0.1) is 20.4 Å². The fraction of sp³-hybridized carbons (Fsp3) is 0.364. The monoisotopic (exact) mass is 404 g/mol. The van der Waals surface area contributed by atoms with Gasteiger partial charge in [0.2, 0.25) is 0 Å². The summed E-state index contributed by atoms with van der Waals surface area (Å²) in [5, 5.41) is 0.415. The third-order valence-corrected chi connectivity index (χ3v) is 5.31. The summed E-state index contributed by atoms with van der Waals surface area (Å²) in [7, 11) is 2.01. The minimum absolute atomic E-state index is 0.0596. The van der Waals surface area contributed by atoms with Crippen molar-refractivity contribution < 1.29 is 14.1 Å². The molecule has 0 N–H and O–H groups in total. The van der Waals surface area contributed by atoms with Crippen LogP contribution in [0.2, 0.25) is 5.02 Å². The first kappa shape index (κ1) is 21.6. The summed E-state index contributed by atoms with van der Waals surface area (Å²) in [6, 6.07) is 15.2. The first-order chi connectivity index (χ1) is 12.8. The van der Waals surface area contributed by atoms with Crippen LogP contribution in [0.3, 0.4) is 0 Å². The zero-order chi connectivity index (χ0) is 20.0. The molecule has 3 nitrogen and oxygen atoms in total. The molecule has 0 amide bonds. The molecule has 3 unspecified atom stereocenters. The molecular weight excluding hydrogens is 379 g/mol. The minimum atomic E-state index is -0.574. The van der Waals surface area contributed by atoms with E-state index in [0.29, 0.717) is 16.5 Å². The fourth-order valence-electron chi connectivity index (χ4n) is 3.50. The molecule has 0 bridgehead atoms. The van der Waals surface area contributed by atoms with E-state index in [0.717, 1.165) is 17.5 Å². The molecule has 0 saturated heterocycles. The highest BCUT2D eigenvalue weighted by atomic mass is 35.5. The molecule has 27 heavy (non-hydrogen) atoms. The Kier molecular flexibility index (Phi) is 8.01. The van der Waals surface area contributed by atoms with E-state index >= 15 is 0 Å². The summed E-state index contributed by atoms with van der Waals surface area (Å²) in [4.78, 5) is 25.7. The van der Waals surface area contributed by atoms with Gasteiger partial charge in [0.1, 0.15) is 0 Å². The Morgan fingerprint density at radius 2 is 1.74 bits per heavy atom. The van der Waals surface area contributed by atoms with Crippen molar-refractivity contribution in [1.82, 2.24) is 0 Å². The number of hydrogen-bond acceptors (Lipinski definition) is 3. The van der Waals surface area contributed by atoms with Crippen molar-refractivity contribution in [3.63, 3.8) is 0 Å². The molecule has 0 fully saturated rings. The van der Waals surface area contributed by atoms with Gasteiger partial charge in [-0.25, -0.2) is 0 Å². The normalized spacial score (nSPS) is 13.3. The summed E-state index contributed by atoms with van der Waals surface area (Å²) >= 11 is 6.26. The maximum atomic E-state index is 13.0. The molecule has 2 aromatic carbocycles. The highest BCUT2D eigenvalue weighted by molar-refractivity contribution is 7.10. The number of halogens is 1. The van der Waals surface area contributed by atoms with Crippen molar-refractivity contribution >= 4 is 32.8 Å². The third-order valence-electron chi connectivity index (χ3n) is 4.76. The van der Waals surface area contributed by atoms with Gasteiger partial charge in [0.15, 0.2) is 5.78 Å². The standard InChI is InChI=1S/C22H26ClO3P/c1-14(2)12-17(16-9-5-4-6-10-16)18(22(25)26-27)13-20(24)21-15(3)8-7-11-19(21)23/h4-11,14,17-18H,12-13,27H2,1-3H3. The maximum absolute atomic E-state index is 13.0. The first-order valence-electron chi connectivity index (χ1n) is 9.09. The first-order valence-corrected chi connectivity index (χ1v) is 9.93. The second-order valence-electron chi connectivity index (χ2n) is 7.25. The van der Waals surface area contributed by atoms with Crippen LogP contribution in [0.1, 0.15) is 54.1 Å². The van der Waals surface area contributed by atoms with E-state index in [-0.39, 0.29) is 18.1 Å². The highest BCUT2D eigenvalue weighted by Gasteiger charge is 2.34. The van der Waals surface area contributed by atoms with E-state index in [4.69, 9.17) is 16.1 Å². The molecule has 0 aliphatic rings. The van der Waals surface area contributed by atoms with Gasteiger partial charge in [0.25, 0.3) is 0 Å². The van der Waals surface area contributed by atoms with Crippen LogP contribution in [0, 0.1) is 18.8 Å². The van der Waals surface area contributed by atoms with Crippen LogP contribution in [-0.2, 0) is 9.32 Å². The summed E-state index contributed by atoms with van der Waals surface area (Å²) in [6.45, 7) is 6.07. The lowest BCUT2D eigenvalue weighted by molar-refractivity contribution is -0.138. The van der Waals surface area contributed by atoms with Gasteiger partial charge in [-0.05, 0) is 42.4 Å². The lowest BCUT2D eigenvalue weighted by atomic mass is 9.77. The van der Waals surface area contributed by atoms with Gasteiger partial charge in [-0.2, -0.15) is 0 Å². The molecule has 0 saturated carbocycles. The SMILES string of the molecule is Cc1cccc(Cl)c1C(=O)CC(C(=O)OP)C(CC(C)C)c1ccccc1. The second-order valence-corrected chi connectivity index (χ2v) is 7.89. The Morgan fingerprint density at radius 3 is 2.30 bits per heavy atom. The lowest BCUT2D eigenvalue weighted by Crippen LogP contribution is -2.27. The van der Waals surface area contributed by atoms with Crippen molar-refractivity contribution in [3.05, 3.63) is 70.2 Å². The van der Waals surface area contributed by atoms with Crippen molar-refractivity contribution in [2.75, 3.05) is 0 Å². The molecular formula is C22H26ClO3P. The van der Waals surface area contributed by atoms with E-state index in [2.05, 4.69) is 13.8 Å². The highest BCUT2D eigenvalue weighted by Crippen LogP contribution is 2.36. The zero-order valence-electron chi connectivity index (χ0n) is 15.9. The molecule has 3 atom stereocenters. The van der Waals surface area contributed by atoms with Crippen LogP contribution in [0.5, 0.6) is 0 Å². The van der Waals surface area contributed by atoms with E-state index in [1.165, 1.54) is 0 Å². The van der Waals surface area contributed by atoms with Crippen LogP contribution in [0.4, 0.5) is 0 Å². The quantitative estimate of drug-likeness (QED) is 0.400. The number of ketones is 1. The number of rotatable bonds is 8. The smallest absolute Gasteiger partial charge is 0.312 e. The van der Waals surface area contributed by atoms with Gasteiger partial charge in [-0.3, -0.25) is 9.59 Å². The average Bonchev–Trinajstić information content (AvgIpc) is 2.64. The van der Waals surface area contributed by atoms with Gasteiger partial charge in [-0.15, -0.1) is 0 Å². The number of aryl methyl sites for hydroxylation is 1. The van der Waals surface area contributed by atoms with Crippen LogP contribution >= 0.6 is 21.1 Å². The topological polar surface area (TPSA) is 43.4 Å². The predicted molar refractivity (Wildman–Crippen MR) is 113 cm³/mol. The molecule has 5 heteroatoms. The van der Waals surface area contributed by atoms with Crippen LogP contribution in [0.15, 0.2) is 48.5 Å². The minimum Gasteiger partial charge on any atom is -0.451 e. The Balaban J connectivity index is 2.40. The Hall–Kier alpha value is -1.70. The molecule has 0 heterocycles. The maximum Gasteiger partial charge on any atom is 0.312 e. The number of carbonyl (C=O) groups excluding carboxylic acids is 2.